The van der Waals surface area contributed by atoms with Gasteiger partial charge >= 0.3 is 0 Å². The molecule has 6 nitrogen and oxygen atoms in total. The number of halogens is 1. The van der Waals surface area contributed by atoms with Gasteiger partial charge in [0.15, 0.2) is 4.34 Å². The van der Waals surface area contributed by atoms with Crippen molar-refractivity contribution >= 4 is 51.4 Å². The summed E-state index contributed by atoms with van der Waals surface area (Å²) in [6.45, 7) is 4.90. The van der Waals surface area contributed by atoms with E-state index in [4.69, 9.17) is 16.3 Å². The molecule has 1 atom stereocenters. The Morgan fingerprint density at radius 3 is 2.88 bits per heavy atom. The minimum atomic E-state index is -0.299. The second-order valence-electron chi connectivity index (χ2n) is 5.18. The monoisotopic (exact) mass is 384 g/mol. The molecule has 24 heavy (non-hydrogen) atoms. The van der Waals surface area contributed by atoms with E-state index in [1.807, 2.05) is 19.1 Å². The minimum absolute atomic E-state index is 0.115. The molecule has 1 fully saturated rings. The Labute approximate surface area is 153 Å². The van der Waals surface area contributed by atoms with E-state index in [0.29, 0.717) is 23.9 Å². The summed E-state index contributed by atoms with van der Waals surface area (Å²) in [5, 5.41) is 12.3. The maximum absolute atomic E-state index is 12.3. The number of anilines is 2. The predicted molar refractivity (Wildman–Crippen MR) is 98.3 cm³/mol. The van der Waals surface area contributed by atoms with Gasteiger partial charge in [-0.1, -0.05) is 46.8 Å². The molecular weight excluding hydrogens is 368 g/mol. The Kier molecular flexibility index (Phi) is 5.94. The molecule has 0 spiro atoms. The fourth-order valence-electron chi connectivity index (χ4n) is 2.13. The first-order chi connectivity index (χ1) is 11.6. The summed E-state index contributed by atoms with van der Waals surface area (Å²) in [5.41, 5.74) is 0.614. The van der Waals surface area contributed by atoms with Crippen molar-refractivity contribution in [2.45, 2.75) is 16.5 Å². The van der Waals surface area contributed by atoms with Crippen LogP contribution in [0.15, 0.2) is 28.6 Å². The first-order valence-electron chi connectivity index (χ1n) is 7.52. The molecule has 1 aliphatic rings. The van der Waals surface area contributed by atoms with Crippen LogP contribution in [0.1, 0.15) is 6.92 Å². The van der Waals surface area contributed by atoms with Crippen LogP contribution in [0.2, 0.25) is 5.02 Å². The van der Waals surface area contributed by atoms with Crippen LogP contribution in [0.3, 0.4) is 0 Å². The Balaban J connectivity index is 1.58. The molecule has 1 aromatic carbocycles. The van der Waals surface area contributed by atoms with Crippen molar-refractivity contribution in [1.29, 1.82) is 0 Å². The number of hydrogen-bond acceptors (Lipinski definition) is 7. The van der Waals surface area contributed by atoms with E-state index in [0.717, 1.165) is 22.6 Å². The number of nitrogens with one attached hydrogen (secondary N) is 1. The molecule has 1 N–H and O–H groups in total. The molecule has 9 heteroatoms. The average molecular weight is 385 g/mol. The Morgan fingerprint density at radius 1 is 1.38 bits per heavy atom. The molecule has 1 aliphatic heterocycles. The molecule has 2 aromatic rings. The van der Waals surface area contributed by atoms with Crippen LogP contribution in [0, 0.1) is 0 Å². The molecule has 0 saturated carbocycles. The lowest BCUT2D eigenvalue weighted by Crippen LogP contribution is -2.36. The van der Waals surface area contributed by atoms with Crippen LogP contribution in [0.5, 0.6) is 0 Å². The summed E-state index contributed by atoms with van der Waals surface area (Å²) >= 11 is 8.96. The van der Waals surface area contributed by atoms with E-state index in [9.17, 15) is 4.79 Å². The van der Waals surface area contributed by atoms with Gasteiger partial charge in [-0.3, -0.25) is 4.79 Å². The van der Waals surface area contributed by atoms with Gasteiger partial charge in [0.2, 0.25) is 11.0 Å². The molecule has 0 radical (unpaired) electrons. The van der Waals surface area contributed by atoms with E-state index >= 15 is 0 Å². The number of rotatable bonds is 5. The van der Waals surface area contributed by atoms with Crippen molar-refractivity contribution in [3.63, 3.8) is 0 Å². The lowest BCUT2D eigenvalue weighted by atomic mass is 10.3. The van der Waals surface area contributed by atoms with Crippen molar-refractivity contribution in [1.82, 2.24) is 10.2 Å². The lowest BCUT2D eigenvalue weighted by Gasteiger charge is -2.25. The number of amides is 1. The zero-order valence-corrected chi connectivity index (χ0v) is 15.5. The Bertz CT molecular complexity index is 706. The highest BCUT2D eigenvalue weighted by Crippen LogP contribution is 2.32. The quantitative estimate of drug-likeness (QED) is 0.799. The standard InChI is InChI=1S/C15H17ClN4O2S2/c1-10(13(21)17-12-5-3-2-4-11(12)16)23-15-19-18-14(24-15)20-6-8-22-9-7-20/h2-5,10H,6-9H2,1H3,(H,17,21)/t10-/m1/s1. The number of morpholine rings is 1. The number of carbonyl (C=O) groups excluding carboxylic acids is 1. The van der Waals surface area contributed by atoms with Gasteiger partial charge in [-0.2, -0.15) is 0 Å². The first kappa shape index (κ1) is 17.5. The van der Waals surface area contributed by atoms with Crippen molar-refractivity contribution in [3.8, 4) is 0 Å². The number of aromatic nitrogens is 2. The molecule has 3 rings (SSSR count). The number of hydrogen-bond donors (Lipinski definition) is 1. The number of thioether (sulfide) groups is 1. The number of carbonyl (C=O) groups is 1. The maximum Gasteiger partial charge on any atom is 0.237 e. The van der Waals surface area contributed by atoms with Gasteiger partial charge in [-0.25, -0.2) is 0 Å². The number of para-hydroxylation sites is 1. The largest absolute Gasteiger partial charge is 0.378 e. The Morgan fingerprint density at radius 2 is 2.12 bits per heavy atom. The summed E-state index contributed by atoms with van der Waals surface area (Å²) in [5.74, 6) is -0.115. The minimum Gasteiger partial charge on any atom is -0.378 e. The molecule has 1 saturated heterocycles. The number of ether oxygens (including phenoxy) is 1. The van der Waals surface area contributed by atoms with Crippen molar-refractivity contribution in [2.75, 3.05) is 36.5 Å². The second kappa shape index (κ2) is 8.15. The maximum atomic E-state index is 12.3. The molecule has 0 aliphatic carbocycles. The highest BCUT2D eigenvalue weighted by molar-refractivity contribution is 8.02. The zero-order valence-electron chi connectivity index (χ0n) is 13.1. The summed E-state index contributed by atoms with van der Waals surface area (Å²) < 4.78 is 6.11. The van der Waals surface area contributed by atoms with Gasteiger partial charge in [-0.15, -0.1) is 10.2 Å². The van der Waals surface area contributed by atoms with Gasteiger partial charge in [0.1, 0.15) is 0 Å². The SMILES string of the molecule is C[C@@H](Sc1nnc(N2CCOCC2)s1)C(=O)Nc1ccccc1Cl. The normalized spacial score (nSPS) is 16.0. The van der Waals surface area contributed by atoms with Gasteiger partial charge in [0.05, 0.1) is 29.2 Å². The van der Waals surface area contributed by atoms with Gasteiger partial charge in [-0.05, 0) is 19.1 Å². The van der Waals surface area contributed by atoms with Crippen molar-refractivity contribution in [2.24, 2.45) is 0 Å². The fraction of sp³-hybridized carbons (Fsp3) is 0.400. The third-order valence-corrected chi connectivity index (χ3v) is 5.95. The van der Waals surface area contributed by atoms with Crippen LogP contribution < -0.4 is 10.2 Å². The summed E-state index contributed by atoms with van der Waals surface area (Å²) in [7, 11) is 0. The van der Waals surface area contributed by atoms with Crippen LogP contribution >= 0.6 is 34.7 Å². The summed E-state index contributed by atoms with van der Waals surface area (Å²) in [6, 6.07) is 7.18. The van der Waals surface area contributed by atoms with Crippen LogP contribution in [-0.2, 0) is 9.53 Å². The molecule has 1 aromatic heterocycles. The molecule has 2 heterocycles. The number of nitrogens with zero attached hydrogens (tertiary/aromatic N) is 3. The Hall–Kier alpha value is -1.35. The van der Waals surface area contributed by atoms with E-state index < -0.39 is 0 Å². The third-order valence-electron chi connectivity index (χ3n) is 3.46. The number of benzene rings is 1. The molecule has 128 valence electrons. The smallest absolute Gasteiger partial charge is 0.237 e. The van der Waals surface area contributed by atoms with E-state index in [-0.39, 0.29) is 11.2 Å². The van der Waals surface area contributed by atoms with Crippen molar-refractivity contribution < 1.29 is 9.53 Å². The fourth-order valence-corrected chi connectivity index (χ4v) is 4.35. The molecule has 0 bridgehead atoms. The summed E-state index contributed by atoms with van der Waals surface area (Å²) in [6.07, 6.45) is 0. The highest BCUT2D eigenvalue weighted by Gasteiger charge is 2.20. The summed E-state index contributed by atoms with van der Waals surface area (Å²) in [4.78, 5) is 14.5. The van der Waals surface area contributed by atoms with Crippen LogP contribution in [-0.4, -0.2) is 47.7 Å². The van der Waals surface area contributed by atoms with Crippen molar-refractivity contribution in [3.05, 3.63) is 29.3 Å². The van der Waals surface area contributed by atoms with E-state index in [2.05, 4.69) is 20.4 Å². The molecule has 1 amide bonds. The lowest BCUT2D eigenvalue weighted by molar-refractivity contribution is -0.115. The predicted octanol–water partition coefficient (Wildman–Crippen LogP) is 3.15. The van der Waals surface area contributed by atoms with Gasteiger partial charge < -0.3 is 15.0 Å². The zero-order chi connectivity index (χ0) is 16.9. The van der Waals surface area contributed by atoms with E-state index in [1.165, 1.54) is 23.1 Å². The van der Waals surface area contributed by atoms with Crippen LogP contribution in [0.25, 0.3) is 0 Å². The van der Waals surface area contributed by atoms with Crippen LogP contribution in [0.4, 0.5) is 10.8 Å². The second-order valence-corrected chi connectivity index (χ2v) is 8.13. The first-order valence-corrected chi connectivity index (χ1v) is 9.59. The highest BCUT2D eigenvalue weighted by atomic mass is 35.5. The molecular formula is C15H17ClN4O2S2. The van der Waals surface area contributed by atoms with Gasteiger partial charge in [0, 0.05) is 13.1 Å². The average Bonchev–Trinajstić information content (AvgIpc) is 3.06. The van der Waals surface area contributed by atoms with Gasteiger partial charge in [0.25, 0.3) is 0 Å². The topological polar surface area (TPSA) is 67.3 Å². The molecule has 0 unspecified atom stereocenters. The van der Waals surface area contributed by atoms with E-state index in [1.54, 1.807) is 12.1 Å². The third kappa shape index (κ3) is 4.38.